The first-order valence-electron chi connectivity index (χ1n) is 10.2. The number of hydrogen-bond donors (Lipinski definition) is 3. The van der Waals surface area contributed by atoms with E-state index in [2.05, 4.69) is 48.8 Å². The Hall–Kier alpha value is -3.15. The summed E-state index contributed by atoms with van der Waals surface area (Å²) in [4.78, 5) is 18.2. The van der Waals surface area contributed by atoms with Gasteiger partial charge in [-0.15, -0.1) is 0 Å². The molecule has 8 heteroatoms. The number of benzene rings is 1. The van der Waals surface area contributed by atoms with Crippen LogP contribution in [0.1, 0.15) is 42.7 Å². The Morgan fingerprint density at radius 3 is 2.97 bits per heavy atom. The quantitative estimate of drug-likeness (QED) is 0.575. The Morgan fingerprint density at radius 1 is 1.33 bits per heavy atom. The number of ether oxygens (including phenoxy) is 1. The third-order valence-electron chi connectivity index (χ3n) is 5.94. The molecule has 30 heavy (non-hydrogen) atoms. The van der Waals surface area contributed by atoms with Crippen LogP contribution in [0.25, 0.3) is 11.2 Å². The molecule has 3 aromatic rings. The first kappa shape index (κ1) is 18.9. The highest BCUT2D eigenvalue weighted by Gasteiger charge is 2.32. The molecule has 4 N–H and O–H groups in total. The topological polar surface area (TPSA) is 113 Å². The SMILES string of the molecule is COCC1CN(c2nc(N)nc3nc[nH]c23)c2cc(C#CC3(O)CCCC3)ccc21. The Labute approximate surface area is 174 Å². The second-order valence-corrected chi connectivity index (χ2v) is 8.03. The van der Waals surface area contributed by atoms with Crippen molar-refractivity contribution in [1.29, 1.82) is 0 Å². The molecule has 154 valence electrons. The van der Waals surface area contributed by atoms with Crippen molar-refractivity contribution in [1.82, 2.24) is 19.9 Å². The van der Waals surface area contributed by atoms with Gasteiger partial charge in [0, 0.05) is 30.8 Å². The molecule has 1 atom stereocenters. The highest BCUT2D eigenvalue weighted by Crippen LogP contribution is 2.42. The fourth-order valence-corrected chi connectivity index (χ4v) is 4.46. The van der Waals surface area contributed by atoms with Crippen molar-refractivity contribution in [2.24, 2.45) is 0 Å². The van der Waals surface area contributed by atoms with Gasteiger partial charge in [-0.05, 0) is 43.4 Å². The smallest absolute Gasteiger partial charge is 0.224 e. The number of nitrogen functional groups attached to an aromatic ring is 1. The number of methoxy groups -OCH3 is 1. The van der Waals surface area contributed by atoms with E-state index in [-0.39, 0.29) is 11.9 Å². The Morgan fingerprint density at radius 2 is 2.17 bits per heavy atom. The summed E-state index contributed by atoms with van der Waals surface area (Å²) >= 11 is 0. The molecular formula is C22H24N6O2. The van der Waals surface area contributed by atoms with Crippen LogP contribution >= 0.6 is 0 Å². The number of aliphatic hydroxyl groups is 1. The Bertz CT molecular complexity index is 1160. The molecule has 5 rings (SSSR count). The minimum Gasteiger partial charge on any atom is -0.384 e. The number of rotatable bonds is 3. The van der Waals surface area contributed by atoms with Gasteiger partial charge in [0.25, 0.3) is 0 Å². The van der Waals surface area contributed by atoms with E-state index in [1.165, 1.54) is 5.56 Å². The van der Waals surface area contributed by atoms with E-state index in [4.69, 9.17) is 10.5 Å². The molecule has 1 saturated carbocycles. The number of hydrogen-bond acceptors (Lipinski definition) is 7. The van der Waals surface area contributed by atoms with Gasteiger partial charge in [0.05, 0.1) is 12.9 Å². The molecule has 0 radical (unpaired) electrons. The molecule has 0 bridgehead atoms. The molecule has 1 aliphatic heterocycles. The molecule has 0 saturated heterocycles. The lowest BCUT2D eigenvalue weighted by molar-refractivity contribution is 0.110. The van der Waals surface area contributed by atoms with E-state index in [1.54, 1.807) is 13.4 Å². The van der Waals surface area contributed by atoms with Crippen LogP contribution in [0.15, 0.2) is 24.5 Å². The monoisotopic (exact) mass is 404 g/mol. The summed E-state index contributed by atoms with van der Waals surface area (Å²) < 4.78 is 5.46. The van der Waals surface area contributed by atoms with Crippen molar-refractivity contribution in [3.05, 3.63) is 35.7 Å². The second-order valence-electron chi connectivity index (χ2n) is 8.03. The molecule has 1 aliphatic carbocycles. The maximum absolute atomic E-state index is 10.6. The summed E-state index contributed by atoms with van der Waals surface area (Å²) in [6, 6.07) is 6.16. The maximum atomic E-state index is 10.6. The van der Waals surface area contributed by atoms with E-state index < -0.39 is 5.60 Å². The fourth-order valence-electron chi connectivity index (χ4n) is 4.46. The standard InChI is InChI=1S/C22H24N6O2/c1-30-12-15-11-28(20-18-19(25-13-24-18)26-21(23)27-20)17-10-14(4-5-16(15)17)6-9-22(29)7-2-3-8-22/h4-5,10,13,15,29H,2-3,7-8,11-12H2,1H3,(H3,23,24,25,26,27). The van der Waals surface area contributed by atoms with Gasteiger partial charge in [0.1, 0.15) is 11.1 Å². The third-order valence-corrected chi connectivity index (χ3v) is 5.94. The lowest BCUT2D eigenvalue weighted by Gasteiger charge is -2.19. The van der Waals surface area contributed by atoms with Crippen LogP contribution in [0.2, 0.25) is 0 Å². The van der Waals surface area contributed by atoms with Crippen molar-refractivity contribution < 1.29 is 9.84 Å². The number of fused-ring (bicyclic) bond motifs is 2. The fraction of sp³-hybridized carbons (Fsp3) is 0.409. The lowest BCUT2D eigenvalue weighted by Crippen LogP contribution is -2.20. The zero-order chi connectivity index (χ0) is 20.7. The van der Waals surface area contributed by atoms with Gasteiger partial charge in [0.2, 0.25) is 5.95 Å². The average Bonchev–Trinajstić information content (AvgIpc) is 3.45. The predicted molar refractivity (Wildman–Crippen MR) is 114 cm³/mol. The van der Waals surface area contributed by atoms with E-state index in [1.807, 2.05) is 6.07 Å². The van der Waals surface area contributed by atoms with Gasteiger partial charge in [-0.1, -0.05) is 17.9 Å². The molecular weight excluding hydrogens is 380 g/mol. The van der Waals surface area contributed by atoms with Gasteiger partial charge in [0.15, 0.2) is 11.5 Å². The summed E-state index contributed by atoms with van der Waals surface area (Å²) in [6.07, 6.45) is 5.13. The zero-order valence-corrected chi connectivity index (χ0v) is 16.9. The second kappa shape index (κ2) is 7.27. The molecule has 1 aromatic carbocycles. The van der Waals surface area contributed by atoms with E-state index >= 15 is 0 Å². The minimum atomic E-state index is -0.861. The molecule has 3 heterocycles. The largest absolute Gasteiger partial charge is 0.384 e. The van der Waals surface area contributed by atoms with Gasteiger partial charge in [-0.3, -0.25) is 0 Å². The molecule has 0 amide bonds. The zero-order valence-electron chi connectivity index (χ0n) is 16.9. The van der Waals surface area contributed by atoms with Crippen LogP contribution in [-0.4, -0.2) is 50.9 Å². The average molecular weight is 404 g/mol. The van der Waals surface area contributed by atoms with Crippen molar-refractivity contribution in [2.45, 2.75) is 37.2 Å². The number of H-pyrrole nitrogens is 1. The molecule has 2 aromatic heterocycles. The van der Waals surface area contributed by atoms with Gasteiger partial charge in [-0.25, -0.2) is 4.98 Å². The van der Waals surface area contributed by atoms with Gasteiger partial charge < -0.3 is 25.5 Å². The predicted octanol–water partition coefficient (Wildman–Crippen LogP) is 2.47. The Kier molecular flexibility index (Phi) is 4.57. The summed E-state index contributed by atoms with van der Waals surface area (Å²) in [7, 11) is 1.71. The Balaban J connectivity index is 1.58. The number of aromatic amines is 1. The van der Waals surface area contributed by atoms with Crippen LogP contribution < -0.4 is 10.6 Å². The van der Waals surface area contributed by atoms with Crippen molar-refractivity contribution >= 4 is 28.6 Å². The van der Waals surface area contributed by atoms with Crippen LogP contribution in [-0.2, 0) is 4.74 Å². The van der Waals surface area contributed by atoms with Crippen LogP contribution in [0, 0.1) is 11.8 Å². The number of nitrogens with two attached hydrogens (primary N) is 1. The molecule has 1 fully saturated rings. The van der Waals surface area contributed by atoms with Crippen molar-refractivity contribution in [2.75, 3.05) is 30.9 Å². The van der Waals surface area contributed by atoms with Crippen LogP contribution in [0.5, 0.6) is 0 Å². The molecule has 8 nitrogen and oxygen atoms in total. The highest BCUT2D eigenvalue weighted by molar-refractivity contribution is 5.88. The summed E-state index contributed by atoms with van der Waals surface area (Å²) in [6.45, 7) is 1.30. The highest BCUT2D eigenvalue weighted by atomic mass is 16.5. The number of imidazole rings is 1. The maximum Gasteiger partial charge on any atom is 0.224 e. The number of anilines is 3. The number of nitrogens with one attached hydrogen (secondary N) is 1. The summed E-state index contributed by atoms with van der Waals surface area (Å²) in [5.74, 6) is 7.34. The number of nitrogens with zero attached hydrogens (tertiary/aromatic N) is 4. The number of aromatic nitrogens is 4. The van der Waals surface area contributed by atoms with Gasteiger partial charge >= 0.3 is 0 Å². The van der Waals surface area contributed by atoms with Gasteiger partial charge in [-0.2, -0.15) is 9.97 Å². The minimum absolute atomic E-state index is 0.181. The lowest BCUT2D eigenvalue weighted by atomic mass is 9.99. The van der Waals surface area contributed by atoms with E-state index in [0.29, 0.717) is 24.6 Å². The van der Waals surface area contributed by atoms with Crippen LogP contribution in [0.4, 0.5) is 17.5 Å². The molecule has 2 aliphatic rings. The molecule has 0 spiro atoms. The van der Waals surface area contributed by atoms with Crippen LogP contribution in [0.3, 0.4) is 0 Å². The first-order valence-corrected chi connectivity index (χ1v) is 10.2. The molecule has 1 unspecified atom stereocenters. The van der Waals surface area contributed by atoms with E-state index in [9.17, 15) is 5.11 Å². The third kappa shape index (κ3) is 3.26. The van der Waals surface area contributed by atoms with Crippen molar-refractivity contribution in [3.8, 4) is 11.8 Å². The normalized spacial score (nSPS) is 19.7. The summed E-state index contributed by atoms with van der Waals surface area (Å²) in [5, 5.41) is 10.6. The van der Waals surface area contributed by atoms with Crippen molar-refractivity contribution in [3.63, 3.8) is 0 Å². The first-order chi connectivity index (χ1) is 14.6. The summed E-state index contributed by atoms with van der Waals surface area (Å²) in [5.41, 5.74) is 9.41. The van der Waals surface area contributed by atoms with E-state index in [0.717, 1.165) is 42.5 Å².